The fourth-order valence-electron chi connectivity index (χ4n) is 4.52. The Hall–Kier alpha value is -1.91. The molecule has 0 saturated carbocycles. The second-order valence-corrected chi connectivity index (χ2v) is 7.84. The van der Waals surface area contributed by atoms with Crippen molar-refractivity contribution in [2.45, 2.75) is 39.2 Å². The molecule has 2 heterocycles. The molecule has 2 saturated heterocycles. The van der Waals surface area contributed by atoms with Gasteiger partial charge in [-0.3, -0.25) is 9.59 Å². The van der Waals surface area contributed by atoms with Crippen LogP contribution < -0.4 is 0 Å². The van der Waals surface area contributed by atoms with Crippen molar-refractivity contribution in [3.8, 4) is 0 Å². The van der Waals surface area contributed by atoms with Crippen LogP contribution in [0.2, 0.25) is 0 Å². The topological polar surface area (TPSA) is 40.6 Å². The summed E-state index contributed by atoms with van der Waals surface area (Å²) >= 11 is 0. The first-order valence-electron chi connectivity index (χ1n) is 9.16. The van der Waals surface area contributed by atoms with Crippen molar-refractivity contribution >= 4 is 11.8 Å². The maximum absolute atomic E-state index is 13.7. The second-order valence-electron chi connectivity index (χ2n) is 7.84. The maximum atomic E-state index is 13.7. The van der Waals surface area contributed by atoms with E-state index in [0.717, 1.165) is 19.5 Å². The van der Waals surface area contributed by atoms with Crippen LogP contribution in [0.15, 0.2) is 24.3 Å². The molecule has 136 valence electrons. The summed E-state index contributed by atoms with van der Waals surface area (Å²) in [6.07, 6.45) is 2.04. The Balaban J connectivity index is 1.89. The van der Waals surface area contributed by atoms with Gasteiger partial charge in [-0.2, -0.15) is 0 Å². The smallest absolute Gasteiger partial charge is 0.228 e. The van der Waals surface area contributed by atoms with Crippen molar-refractivity contribution in [3.05, 3.63) is 35.6 Å². The van der Waals surface area contributed by atoms with E-state index >= 15 is 0 Å². The molecule has 2 fully saturated rings. The third kappa shape index (κ3) is 3.70. The minimum atomic E-state index is -0.392. The molecule has 4 nitrogen and oxygen atoms in total. The zero-order valence-corrected chi connectivity index (χ0v) is 15.2. The number of carbonyl (C=O) groups is 2. The van der Waals surface area contributed by atoms with E-state index < -0.39 is 6.04 Å². The minimum absolute atomic E-state index is 0.0127. The van der Waals surface area contributed by atoms with Gasteiger partial charge in [0.1, 0.15) is 5.82 Å². The molecule has 0 radical (unpaired) electrons. The highest BCUT2D eigenvalue weighted by Crippen LogP contribution is 2.38. The number of amides is 2. The van der Waals surface area contributed by atoms with Crippen molar-refractivity contribution in [2.24, 2.45) is 17.8 Å². The molecule has 0 N–H and O–H groups in total. The Kier molecular flexibility index (Phi) is 5.11. The van der Waals surface area contributed by atoms with Gasteiger partial charge >= 0.3 is 0 Å². The maximum Gasteiger partial charge on any atom is 0.228 e. The van der Waals surface area contributed by atoms with Crippen LogP contribution in [0.4, 0.5) is 4.39 Å². The summed E-state index contributed by atoms with van der Waals surface area (Å²) in [5, 5.41) is 0. The molecule has 2 aliphatic rings. The van der Waals surface area contributed by atoms with Crippen molar-refractivity contribution in [1.82, 2.24) is 9.80 Å². The number of hydrogen-bond donors (Lipinski definition) is 0. The van der Waals surface area contributed by atoms with E-state index in [-0.39, 0.29) is 23.5 Å². The van der Waals surface area contributed by atoms with Gasteiger partial charge in [0, 0.05) is 26.6 Å². The largest absolute Gasteiger partial charge is 0.342 e. The monoisotopic (exact) mass is 346 g/mol. The van der Waals surface area contributed by atoms with E-state index in [1.807, 2.05) is 11.0 Å². The molecule has 4 atom stereocenters. The summed E-state index contributed by atoms with van der Waals surface area (Å²) in [6.45, 7) is 5.90. The van der Waals surface area contributed by atoms with Gasteiger partial charge in [0.05, 0.1) is 12.0 Å². The van der Waals surface area contributed by atoms with Crippen LogP contribution in [0, 0.1) is 23.6 Å². The van der Waals surface area contributed by atoms with Gasteiger partial charge in [-0.15, -0.1) is 0 Å². The summed E-state index contributed by atoms with van der Waals surface area (Å²) < 4.78 is 13.7. The first-order valence-corrected chi connectivity index (χ1v) is 9.16. The van der Waals surface area contributed by atoms with E-state index in [0.29, 0.717) is 30.2 Å². The van der Waals surface area contributed by atoms with Crippen LogP contribution in [-0.4, -0.2) is 41.8 Å². The van der Waals surface area contributed by atoms with E-state index in [4.69, 9.17) is 0 Å². The molecule has 0 aliphatic carbocycles. The van der Waals surface area contributed by atoms with Crippen LogP contribution in [0.25, 0.3) is 0 Å². The number of halogens is 1. The molecule has 3 rings (SSSR count). The molecular formula is C20H27FN2O2. The molecular weight excluding hydrogens is 319 g/mol. The van der Waals surface area contributed by atoms with Gasteiger partial charge in [-0.05, 0) is 42.4 Å². The number of benzene rings is 1. The summed E-state index contributed by atoms with van der Waals surface area (Å²) in [6, 6.07) is 5.90. The highest BCUT2D eigenvalue weighted by Gasteiger charge is 2.41. The van der Waals surface area contributed by atoms with Crippen molar-refractivity contribution in [1.29, 1.82) is 0 Å². The number of likely N-dealkylation sites (tertiary alicyclic amines) is 2. The van der Waals surface area contributed by atoms with Crippen molar-refractivity contribution in [3.63, 3.8) is 0 Å². The lowest BCUT2D eigenvalue weighted by Crippen LogP contribution is -2.50. The molecule has 1 aromatic rings. The van der Waals surface area contributed by atoms with E-state index in [1.54, 1.807) is 18.0 Å². The van der Waals surface area contributed by atoms with Crippen LogP contribution in [0.5, 0.6) is 0 Å². The lowest BCUT2D eigenvalue weighted by Gasteiger charge is -2.43. The average molecular weight is 346 g/mol. The zero-order valence-electron chi connectivity index (χ0n) is 15.2. The number of nitrogens with zero attached hydrogens (tertiary/aromatic N) is 2. The molecule has 2 aliphatic heterocycles. The molecule has 0 unspecified atom stereocenters. The third-order valence-corrected chi connectivity index (χ3v) is 5.55. The molecule has 0 bridgehead atoms. The summed E-state index contributed by atoms with van der Waals surface area (Å²) in [7, 11) is 1.72. The van der Waals surface area contributed by atoms with Crippen LogP contribution in [-0.2, 0) is 9.59 Å². The fraction of sp³-hybridized carbons (Fsp3) is 0.600. The summed E-state index contributed by atoms with van der Waals surface area (Å²) in [4.78, 5) is 29.1. The number of hydrogen-bond acceptors (Lipinski definition) is 2. The number of carbonyl (C=O) groups excluding carboxylic acids is 2. The normalized spacial score (nSPS) is 30.5. The van der Waals surface area contributed by atoms with Gasteiger partial charge in [0.2, 0.25) is 11.8 Å². The van der Waals surface area contributed by atoms with E-state index in [1.165, 1.54) is 12.1 Å². The Labute approximate surface area is 149 Å². The third-order valence-electron chi connectivity index (χ3n) is 5.55. The first-order chi connectivity index (χ1) is 11.9. The molecule has 1 aromatic carbocycles. The molecule has 0 spiro atoms. The zero-order chi connectivity index (χ0) is 18.1. The Morgan fingerprint density at radius 1 is 1.20 bits per heavy atom. The van der Waals surface area contributed by atoms with Gasteiger partial charge in [-0.25, -0.2) is 4.39 Å². The minimum Gasteiger partial charge on any atom is -0.342 e. The first kappa shape index (κ1) is 17.9. The van der Waals surface area contributed by atoms with E-state index in [2.05, 4.69) is 13.8 Å². The van der Waals surface area contributed by atoms with Crippen molar-refractivity contribution < 1.29 is 14.0 Å². The predicted molar refractivity (Wildman–Crippen MR) is 94.2 cm³/mol. The highest BCUT2D eigenvalue weighted by atomic mass is 19.1. The summed E-state index contributed by atoms with van der Waals surface area (Å²) in [5.74, 6) is 0.453. The van der Waals surface area contributed by atoms with Gasteiger partial charge in [0.15, 0.2) is 0 Å². The Morgan fingerprint density at radius 3 is 2.52 bits per heavy atom. The standard InChI is InChI=1S/C20H27FN2O2/c1-13-9-14(2)12-23(11-13)20(25)17-7-8-18(24)22(3)19(17)15-5-4-6-16(21)10-15/h4-6,10,13-14,17,19H,7-9,11-12H2,1-3H3/t13-,14+,17-,19-/m1/s1. The molecule has 25 heavy (non-hydrogen) atoms. The summed E-state index contributed by atoms with van der Waals surface area (Å²) in [5.41, 5.74) is 0.701. The van der Waals surface area contributed by atoms with Gasteiger partial charge in [0.25, 0.3) is 0 Å². The average Bonchev–Trinajstić information content (AvgIpc) is 2.55. The Bertz CT molecular complexity index is 653. The van der Waals surface area contributed by atoms with Crippen molar-refractivity contribution in [2.75, 3.05) is 20.1 Å². The Morgan fingerprint density at radius 2 is 1.88 bits per heavy atom. The van der Waals surface area contributed by atoms with Gasteiger partial charge in [-0.1, -0.05) is 26.0 Å². The van der Waals surface area contributed by atoms with Crippen LogP contribution in [0.3, 0.4) is 0 Å². The molecule has 0 aromatic heterocycles. The quantitative estimate of drug-likeness (QED) is 0.825. The van der Waals surface area contributed by atoms with Gasteiger partial charge < -0.3 is 9.80 Å². The van der Waals surface area contributed by atoms with Crippen LogP contribution >= 0.6 is 0 Å². The predicted octanol–water partition coefficient (Wildman–Crippen LogP) is 3.24. The SMILES string of the molecule is C[C@@H]1C[C@H](C)CN(C(=O)[C@@H]2CCC(=O)N(C)[C@@H]2c2cccc(F)c2)C1. The number of rotatable bonds is 2. The van der Waals surface area contributed by atoms with Crippen LogP contribution in [0.1, 0.15) is 44.7 Å². The second kappa shape index (κ2) is 7.14. The fourth-order valence-corrected chi connectivity index (χ4v) is 4.52. The molecule has 5 heteroatoms. The molecule has 2 amide bonds. The van der Waals surface area contributed by atoms with E-state index in [9.17, 15) is 14.0 Å². The lowest BCUT2D eigenvalue weighted by molar-refractivity contribution is -0.148. The number of piperidine rings is 2. The highest BCUT2D eigenvalue weighted by molar-refractivity contribution is 5.85. The lowest BCUT2D eigenvalue weighted by atomic mass is 9.82.